The van der Waals surface area contributed by atoms with Crippen molar-refractivity contribution in [2.24, 2.45) is 0 Å². The molecule has 0 heterocycles. The molecule has 80 valence electrons. The van der Waals surface area contributed by atoms with E-state index in [9.17, 15) is 13.2 Å². The van der Waals surface area contributed by atoms with Crippen molar-refractivity contribution in [2.75, 3.05) is 0 Å². The van der Waals surface area contributed by atoms with Crippen LogP contribution in [0.2, 0.25) is 5.02 Å². The molecule has 0 saturated heterocycles. The van der Waals surface area contributed by atoms with Gasteiger partial charge in [0.05, 0.1) is 6.07 Å². The average molecular weight is 252 g/mol. The topological polar surface area (TPSA) is 23.8 Å². The van der Waals surface area contributed by atoms with Crippen LogP contribution in [0, 0.1) is 11.3 Å². The highest BCUT2D eigenvalue weighted by Crippen LogP contribution is 2.34. The monoisotopic (exact) mass is 251 g/mol. The lowest BCUT2D eigenvalue weighted by Gasteiger charge is -2.12. The first-order chi connectivity index (χ1) is 6.93. The molecule has 6 heteroatoms. The molecule has 0 radical (unpaired) electrons. The fourth-order valence-electron chi connectivity index (χ4n) is 0.816. The molecule has 0 bridgehead atoms. The van der Waals surface area contributed by atoms with Crippen LogP contribution in [0.1, 0.15) is 0 Å². The van der Waals surface area contributed by atoms with E-state index < -0.39 is 11.4 Å². The van der Waals surface area contributed by atoms with Gasteiger partial charge in [-0.25, -0.2) is 0 Å². The summed E-state index contributed by atoms with van der Waals surface area (Å²) < 4.78 is 36.6. The van der Waals surface area contributed by atoms with Gasteiger partial charge in [-0.3, -0.25) is 0 Å². The Bertz CT molecular complexity index is 368. The first-order valence-electron chi connectivity index (χ1n) is 3.82. The fraction of sp³-hybridized carbons (Fsp3) is 0.222. The zero-order valence-electron chi connectivity index (χ0n) is 7.25. The molecule has 1 nitrogen and oxygen atoms in total. The molecule has 0 aliphatic heterocycles. The molecule has 1 aromatic rings. The fourth-order valence-corrected chi connectivity index (χ4v) is 1.69. The normalized spacial score (nSPS) is 13.3. The van der Waals surface area contributed by atoms with Crippen molar-refractivity contribution in [1.29, 1.82) is 5.26 Å². The molecule has 0 N–H and O–H groups in total. The number of nitrogens with zero attached hydrogens (tertiary/aromatic N) is 1. The van der Waals surface area contributed by atoms with E-state index >= 15 is 0 Å². The van der Waals surface area contributed by atoms with E-state index in [0.29, 0.717) is 21.7 Å². The van der Waals surface area contributed by atoms with Gasteiger partial charge < -0.3 is 0 Å². The molecule has 0 aromatic heterocycles. The van der Waals surface area contributed by atoms with E-state index in [4.69, 9.17) is 16.9 Å². The Balaban J connectivity index is 2.77. The first-order valence-corrected chi connectivity index (χ1v) is 5.08. The number of benzene rings is 1. The van der Waals surface area contributed by atoms with Gasteiger partial charge >= 0.3 is 6.18 Å². The standard InChI is InChI=1S/C9H5ClF3NS/c10-6-1-3-7(4-2-6)15-8(5-14)9(11,12)13/h1-4,8H. The largest absolute Gasteiger partial charge is 0.413 e. The van der Waals surface area contributed by atoms with Crippen LogP contribution in [0.3, 0.4) is 0 Å². The quantitative estimate of drug-likeness (QED) is 0.745. The van der Waals surface area contributed by atoms with Gasteiger partial charge in [-0.05, 0) is 24.3 Å². The van der Waals surface area contributed by atoms with Crippen LogP contribution in [0.4, 0.5) is 13.2 Å². The minimum absolute atomic E-state index is 0.364. The van der Waals surface area contributed by atoms with Crippen molar-refractivity contribution in [3.63, 3.8) is 0 Å². The second-order valence-electron chi connectivity index (χ2n) is 2.62. The summed E-state index contributed by atoms with van der Waals surface area (Å²) in [7, 11) is 0. The van der Waals surface area contributed by atoms with Crippen molar-refractivity contribution < 1.29 is 13.2 Å². The van der Waals surface area contributed by atoms with Crippen molar-refractivity contribution in [3.05, 3.63) is 29.3 Å². The summed E-state index contributed by atoms with van der Waals surface area (Å²) in [4.78, 5) is 0.364. The Kier molecular flexibility index (Phi) is 3.89. The minimum Gasteiger partial charge on any atom is -0.197 e. The second-order valence-corrected chi connectivity index (χ2v) is 4.24. The van der Waals surface area contributed by atoms with Crippen LogP contribution in [-0.4, -0.2) is 11.4 Å². The molecule has 1 atom stereocenters. The van der Waals surface area contributed by atoms with E-state index in [1.807, 2.05) is 0 Å². The lowest BCUT2D eigenvalue weighted by Crippen LogP contribution is -2.23. The molecule has 1 unspecified atom stereocenters. The molecule has 0 saturated carbocycles. The van der Waals surface area contributed by atoms with Gasteiger partial charge in [-0.15, -0.1) is 0 Å². The zero-order chi connectivity index (χ0) is 11.5. The lowest BCUT2D eigenvalue weighted by molar-refractivity contribution is -0.118. The van der Waals surface area contributed by atoms with Crippen LogP contribution in [-0.2, 0) is 0 Å². The van der Waals surface area contributed by atoms with Crippen LogP contribution in [0.5, 0.6) is 0 Å². The summed E-state index contributed by atoms with van der Waals surface area (Å²) in [5, 5.41) is 6.76. The van der Waals surface area contributed by atoms with Crippen LogP contribution < -0.4 is 0 Å². The lowest BCUT2D eigenvalue weighted by atomic mass is 10.4. The van der Waals surface area contributed by atoms with E-state index in [1.54, 1.807) is 0 Å². The van der Waals surface area contributed by atoms with Gasteiger partial charge in [0.25, 0.3) is 0 Å². The maximum Gasteiger partial charge on any atom is 0.413 e. The molecule has 0 aliphatic carbocycles. The highest BCUT2D eigenvalue weighted by Gasteiger charge is 2.40. The van der Waals surface area contributed by atoms with Crippen molar-refractivity contribution in [2.45, 2.75) is 16.3 Å². The third kappa shape index (κ3) is 3.65. The predicted octanol–water partition coefficient (Wildman–Crippen LogP) is 3.89. The smallest absolute Gasteiger partial charge is 0.197 e. The third-order valence-corrected chi connectivity index (χ3v) is 2.89. The van der Waals surface area contributed by atoms with Crippen molar-refractivity contribution in [3.8, 4) is 6.07 Å². The Morgan fingerprint density at radius 1 is 1.27 bits per heavy atom. The Morgan fingerprint density at radius 3 is 2.20 bits per heavy atom. The number of alkyl halides is 3. The number of hydrogen-bond donors (Lipinski definition) is 0. The number of rotatable bonds is 2. The Hall–Kier alpha value is -0.860. The van der Waals surface area contributed by atoms with E-state index in [0.717, 1.165) is 0 Å². The van der Waals surface area contributed by atoms with E-state index in [-0.39, 0.29) is 0 Å². The van der Waals surface area contributed by atoms with Crippen LogP contribution >= 0.6 is 23.4 Å². The molecule has 0 aliphatic rings. The summed E-state index contributed by atoms with van der Waals surface area (Å²) >= 11 is 6.04. The summed E-state index contributed by atoms with van der Waals surface area (Å²) in [6.07, 6.45) is -4.51. The molecule has 0 spiro atoms. The molecular weight excluding hydrogens is 247 g/mol. The van der Waals surface area contributed by atoms with Gasteiger partial charge in [-0.1, -0.05) is 23.4 Å². The maximum atomic E-state index is 12.2. The summed E-state index contributed by atoms with van der Waals surface area (Å²) in [6, 6.07) is 7.07. The number of hydrogen-bond acceptors (Lipinski definition) is 2. The van der Waals surface area contributed by atoms with Gasteiger partial charge in [0.1, 0.15) is 0 Å². The van der Waals surface area contributed by atoms with Gasteiger partial charge in [0.2, 0.25) is 0 Å². The van der Waals surface area contributed by atoms with E-state index in [1.165, 1.54) is 30.3 Å². The Morgan fingerprint density at radius 2 is 1.80 bits per heavy atom. The number of halogens is 4. The summed E-state index contributed by atoms with van der Waals surface area (Å²) in [6.45, 7) is 0. The van der Waals surface area contributed by atoms with Crippen molar-refractivity contribution in [1.82, 2.24) is 0 Å². The minimum atomic E-state index is -4.51. The SMILES string of the molecule is N#CC(Sc1ccc(Cl)cc1)C(F)(F)F. The van der Waals surface area contributed by atoms with Gasteiger partial charge in [-0.2, -0.15) is 18.4 Å². The predicted molar refractivity (Wildman–Crippen MR) is 52.8 cm³/mol. The molecular formula is C9H5ClF3NS. The van der Waals surface area contributed by atoms with Crippen LogP contribution in [0.15, 0.2) is 29.2 Å². The zero-order valence-corrected chi connectivity index (χ0v) is 8.83. The average Bonchev–Trinajstić information content (AvgIpc) is 2.15. The van der Waals surface area contributed by atoms with Gasteiger partial charge in [0, 0.05) is 9.92 Å². The highest BCUT2D eigenvalue weighted by atomic mass is 35.5. The van der Waals surface area contributed by atoms with E-state index in [2.05, 4.69) is 0 Å². The molecule has 15 heavy (non-hydrogen) atoms. The van der Waals surface area contributed by atoms with Crippen molar-refractivity contribution >= 4 is 23.4 Å². The second kappa shape index (κ2) is 4.77. The highest BCUT2D eigenvalue weighted by molar-refractivity contribution is 8.00. The number of nitriles is 1. The molecule has 0 fully saturated rings. The van der Waals surface area contributed by atoms with Gasteiger partial charge in [0.15, 0.2) is 5.25 Å². The summed E-state index contributed by atoms with van der Waals surface area (Å²) in [5.74, 6) is 0. The third-order valence-electron chi connectivity index (χ3n) is 1.48. The first kappa shape index (κ1) is 12.2. The number of thioether (sulfide) groups is 1. The molecule has 1 aromatic carbocycles. The maximum absolute atomic E-state index is 12.2. The molecule has 0 amide bonds. The Labute approximate surface area is 93.8 Å². The summed E-state index contributed by atoms with van der Waals surface area (Å²) in [5.41, 5.74) is 0. The molecule has 1 rings (SSSR count). The van der Waals surface area contributed by atoms with Crippen LogP contribution in [0.25, 0.3) is 0 Å².